The van der Waals surface area contributed by atoms with Crippen molar-refractivity contribution in [3.05, 3.63) is 58.5 Å². The third-order valence-corrected chi connectivity index (χ3v) is 2.43. The zero-order valence-electron chi connectivity index (χ0n) is 9.67. The Kier molecular flexibility index (Phi) is 3.80. The molecule has 0 fully saturated rings. The van der Waals surface area contributed by atoms with Crippen molar-refractivity contribution in [3.63, 3.8) is 0 Å². The number of hydrogen-bond acceptors (Lipinski definition) is 4. The fraction of sp³-hybridized carbons (Fsp3) is 0.167. The van der Waals surface area contributed by atoms with Crippen LogP contribution < -0.4 is 10.3 Å². The van der Waals surface area contributed by atoms with E-state index >= 15 is 0 Å². The second-order valence-electron chi connectivity index (χ2n) is 3.72. The Morgan fingerprint density at radius 3 is 2.83 bits per heavy atom. The normalized spacial score (nSPS) is 10.0. The number of aromatic amines is 1. The number of nitrogens with zero attached hydrogens (tertiary/aromatic N) is 2. The molecule has 0 saturated carbocycles. The van der Waals surface area contributed by atoms with Crippen molar-refractivity contribution >= 4 is 11.5 Å². The maximum Gasteiger partial charge on any atom is 0.308 e. The Morgan fingerprint density at radius 1 is 1.33 bits per heavy atom. The highest BCUT2D eigenvalue weighted by molar-refractivity contribution is 5.34. The van der Waals surface area contributed by atoms with Crippen molar-refractivity contribution < 1.29 is 9.91 Å². The van der Waals surface area contributed by atoms with E-state index in [1.165, 1.54) is 12.3 Å². The van der Waals surface area contributed by atoms with E-state index in [4.69, 9.17) is 0 Å². The van der Waals surface area contributed by atoms with Gasteiger partial charge in [0.2, 0.25) is 0 Å². The van der Waals surface area contributed by atoms with Crippen LogP contribution in [0.4, 0.5) is 11.5 Å². The molecule has 0 unspecified atom stereocenters. The first-order valence-corrected chi connectivity index (χ1v) is 5.55. The molecule has 2 N–H and O–H groups in total. The lowest BCUT2D eigenvalue weighted by Gasteiger charge is -1.99. The Labute approximate surface area is 104 Å². The highest BCUT2D eigenvalue weighted by atomic mass is 16.6. The lowest BCUT2D eigenvalue weighted by molar-refractivity contribution is -0.413. The summed E-state index contributed by atoms with van der Waals surface area (Å²) in [5.74, 6) is 0.747. The van der Waals surface area contributed by atoms with E-state index in [1.54, 1.807) is 12.3 Å². The van der Waals surface area contributed by atoms with Crippen LogP contribution in [0.25, 0.3) is 0 Å². The SMILES string of the molecule is O=[N+]([O-])c1ccc(NCCc2ccccn2)[nH+]c1. The number of rotatable bonds is 5. The molecule has 0 amide bonds. The number of hydrogen-bond donors (Lipinski definition) is 1. The molecule has 0 aromatic carbocycles. The van der Waals surface area contributed by atoms with E-state index in [2.05, 4.69) is 15.3 Å². The second-order valence-corrected chi connectivity index (χ2v) is 3.72. The van der Waals surface area contributed by atoms with Crippen LogP contribution in [-0.4, -0.2) is 16.5 Å². The molecule has 2 heterocycles. The topological polar surface area (TPSA) is 82.2 Å². The van der Waals surface area contributed by atoms with Crippen molar-refractivity contribution in [2.24, 2.45) is 0 Å². The van der Waals surface area contributed by atoms with Gasteiger partial charge in [-0.3, -0.25) is 20.4 Å². The van der Waals surface area contributed by atoms with Gasteiger partial charge in [-0.05, 0) is 12.1 Å². The molecule has 0 aliphatic heterocycles. The van der Waals surface area contributed by atoms with Crippen LogP contribution in [0.1, 0.15) is 5.69 Å². The lowest BCUT2D eigenvalue weighted by atomic mass is 10.3. The molecule has 0 aliphatic carbocycles. The number of nitrogens with one attached hydrogen (secondary N) is 2. The molecule has 0 saturated heterocycles. The van der Waals surface area contributed by atoms with Crippen LogP contribution in [0, 0.1) is 10.1 Å². The standard InChI is InChI=1S/C12H12N4O2/c17-16(18)11-4-5-12(15-9-11)14-8-6-10-3-1-2-7-13-10/h1-5,7,9H,6,8H2,(H,14,15)/p+1. The van der Waals surface area contributed by atoms with E-state index in [9.17, 15) is 10.1 Å². The Balaban J connectivity index is 1.85. The minimum Gasteiger partial charge on any atom is -0.274 e. The highest BCUT2D eigenvalue weighted by Crippen LogP contribution is 2.08. The number of pyridine rings is 2. The van der Waals surface area contributed by atoms with Gasteiger partial charge in [-0.1, -0.05) is 6.07 Å². The van der Waals surface area contributed by atoms with Gasteiger partial charge in [-0.25, -0.2) is 4.98 Å². The summed E-state index contributed by atoms with van der Waals surface area (Å²) in [6, 6.07) is 8.89. The average molecular weight is 245 g/mol. The number of H-pyrrole nitrogens is 1. The van der Waals surface area contributed by atoms with Gasteiger partial charge in [0.15, 0.2) is 6.20 Å². The first-order chi connectivity index (χ1) is 8.75. The molecule has 0 bridgehead atoms. The van der Waals surface area contributed by atoms with Crippen LogP contribution in [0.2, 0.25) is 0 Å². The molecule has 2 aromatic heterocycles. The molecule has 2 aromatic rings. The van der Waals surface area contributed by atoms with Crippen LogP contribution in [0.15, 0.2) is 42.7 Å². The minimum absolute atomic E-state index is 0.0466. The van der Waals surface area contributed by atoms with Gasteiger partial charge in [0.1, 0.15) is 0 Å². The summed E-state index contributed by atoms with van der Waals surface area (Å²) in [4.78, 5) is 17.1. The molecule has 0 spiro atoms. The average Bonchev–Trinajstić information content (AvgIpc) is 2.40. The molecule has 18 heavy (non-hydrogen) atoms. The summed E-state index contributed by atoms with van der Waals surface area (Å²) in [5.41, 5.74) is 1.05. The van der Waals surface area contributed by atoms with Crippen LogP contribution in [0.3, 0.4) is 0 Å². The van der Waals surface area contributed by atoms with Crippen molar-refractivity contribution in [2.75, 3.05) is 11.9 Å². The molecular weight excluding hydrogens is 232 g/mol. The van der Waals surface area contributed by atoms with Crippen LogP contribution in [0.5, 0.6) is 0 Å². The molecule has 6 heteroatoms. The molecule has 6 nitrogen and oxygen atoms in total. The molecule has 92 valence electrons. The maximum atomic E-state index is 10.5. The highest BCUT2D eigenvalue weighted by Gasteiger charge is 2.08. The van der Waals surface area contributed by atoms with E-state index in [-0.39, 0.29) is 5.69 Å². The molecule has 2 rings (SSSR count). The van der Waals surface area contributed by atoms with Gasteiger partial charge in [-0.2, -0.15) is 0 Å². The molecule has 0 radical (unpaired) electrons. The summed E-state index contributed by atoms with van der Waals surface area (Å²) in [7, 11) is 0. The monoisotopic (exact) mass is 245 g/mol. The molecule has 0 atom stereocenters. The summed E-state index contributed by atoms with van der Waals surface area (Å²) in [6.07, 6.45) is 3.92. The predicted octanol–water partition coefficient (Wildman–Crippen LogP) is 1.46. The fourth-order valence-electron chi connectivity index (χ4n) is 1.51. The number of anilines is 1. The summed E-state index contributed by atoms with van der Waals surface area (Å²) in [5, 5.41) is 13.6. The Morgan fingerprint density at radius 2 is 2.22 bits per heavy atom. The van der Waals surface area contributed by atoms with Gasteiger partial charge in [-0.15, -0.1) is 0 Å². The minimum atomic E-state index is -0.436. The summed E-state index contributed by atoms with van der Waals surface area (Å²) in [6.45, 7) is 0.714. The van der Waals surface area contributed by atoms with Gasteiger partial charge < -0.3 is 0 Å². The quantitative estimate of drug-likeness (QED) is 0.638. The maximum absolute atomic E-state index is 10.5. The first kappa shape index (κ1) is 12.0. The van der Waals surface area contributed by atoms with Gasteiger partial charge in [0.25, 0.3) is 5.82 Å². The zero-order chi connectivity index (χ0) is 12.8. The third kappa shape index (κ3) is 3.24. The van der Waals surface area contributed by atoms with Gasteiger partial charge >= 0.3 is 5.69 Å². The third-order valence-electron chi connectivity index (χ3n) is 2.43. The van der Waals surface area contributed by atoms with Crippen molar-refractivity contribution in [2.45, 2.75) is 6.42 Å². The first-order valence-electron chi connectivity index (χ1n) is 5.55. The largest absolute Gasteiger partial charge is 0.308 e. The summed E-state index contributed by atoms with van der Waals surface area (Å²) < 4.78 is 0. The number of nitro groups is 1. The Hall–Kier alpha value is -2.50. The van der Waals surface area contributed by atoms with Crippen LogP contribution >= 0.6 is 0 Å². The van der Waals surface area contributed by atoms with E-state index in [0.717, 1.165) is 17.9 Å². The zero-order valence-corrected chi connectivity index (χ0v) is 9.67. The molecule has 0 aliphatic rings. The summed E-state index contributed by atoms with van der Waals surface area (Å²) >= 11 is 0. The smallest absolute Gasteiger partial charge is 0.274 e. The Bertz CT molecular complexity index is 513. The second kappa shape index (κ2) is 5.72. The van der Waals surface area contributed by atoms with Gasteiger partial charge in [0.05, 0.1) is 11.5 Å². The van der Waals surface area contributed by atoms with E-state index < -0.39 is 4.92 Å². The van der Waals surface area contributed by atoms with E-state index in [1.807, 2.05) is 18.2 Å². The predicted molar refractivity (Wildman–Crippen MR) is 66.1 cm³/mol. The van der Waals surface area contributed by atoms with Crippen molar-refractivity contribution in [3.8, 4) is 0 Å². The van der Waals surface area contributed by atoms with E-state index in [0.29, 0.717) is 6.54 Å². The van der Waals surface area contributed by atoms with Crippen LogP contribution in [-0.2, 0) is 6.42 Å². The van der Waals surface area contributed by atoms with Crippen molar-refractivity contribution in [1.29, 1.82) is 0 Å². The van der Waals surface area contributed by atoms with Gasteiger partial charge in [0, 0.05) is 30.4 Å². The number of aromatic nitrogens is 2. The fourth-order valence-corrected chi connectivity index (χ4v) is 1.51. The molecular formula is C12H13N4O2+. The van der Waals surface area contributed by atoms with Crippen molar-refractivity contribution in [1.82, 2.24) is 4.98 Å². The lowest BCUT2D eigenvalue weighted by Crippen LogP contribution is -2.15.